The summed E-state index contributed by atoms with van der Waals surface area (Å²) in [7, 11) is 0. The standard InChI is InChI=1S/C17H30O2/c1-3-5-6-7-8-9-10-11-12-13-14-15-16-17(18)19-4-2/h3-6,9-16H2,1-2H3. The summed E-state index contributed by atoms with van der Waals surface area (Å²) in [5.74, 6) is 6.41. The van der Waals surface area contributed by atoms with Gasteiger partial charge in [-0.15, -0.1) is 11.8 Å². The number of esters is 1. The van der Waals surface area contributed by atoms with E-state index in [1.54, 1.807) is 0 Å². The molecule has 0 unspecified atom stereocenters. The van der Waals surface area contributed by atoms with Crippen molar-refractivity contribution in [1.29, 1.82) is 0 Å². The maximum Gasteiger partial charge on any atom is 0.305 e. The molecule has 0 aliphatic carbocycles. The van der Waals surface area contributed by atoms with Crippen molar-refractivity contribution in [2.45, 2.75) is 84.5 Å². The van der Waals surface area contributed by atoms with Gasteiger partial charge < -0.3 is 4.74 Å². The van der Waals surface area contributed by atoms with Gasteiger partial charge in [-0.25, -0.2) is 0 Å². The van der Waals surface area contributed by atoms with E-state index >= 15 is 0 Å². The van der Waals surface area contributed by atoms with Crippen LogP contribution in [0.25, 0.3) is 0 Å². The average Bonchev–Trinajstić information content (AvgIpc) is 2.40. The van der Waals surface area contributed by atoms with Crippen LogP contribution >= 0.6 is 0 Å². The van der Waals surface area contributed by atoms with Crippen molar-refractivity contribution in [3.8, 4) is 11.8 Å². The Kier molecular flexibility index (Phi) is 14.3. The lowest BCUT2D eigenvalue weighted by Crippen LogP contribution is -2.03. The Hall–Kier alpha value is -0.970. The molecule has 0 aliphatic rings. The molecule has 0 heterocycles. The lowest BCUT2D eigenvalue weighted by atomic mass is 10.1. The molecule has 0 aromatic rings. The summed E-state index contributed by atoms with van der Waals surface area (Å²) in [6.45, 7) is 4.55. The van der Waals surface area contributed by atoms with Crippen molar-refractivity contribution in [2.75, 3.05) is 6.61 Å². The van der Waals surface area contributed by atoms with Crippen molar-refractivity contribution < 1.29 is 9.53 Å². The van der Waals surface area contributed by atoms with Gasteiger partial charge in [-0.3, -0.25) is 4.79 Å². The minimum absolute atomic E-state index is 0.0511. The van der Waals surface area contributed by atoms with Crippen LogP contribution in [0.3, 0.4) is 0 Å². The first-order chi connectivity index (χ1) is 9.31. The van der Waals surface area contributed by atoms with Gasteiger partial charge in [0.15, 0.2) is 0 Å². The van der Waals surface area contributed by atoms with E-state index in [1.807, 2.05) is 6.92 Å². The van der Waals surface area contributed by atoms with Crippen molar-refractivity contribution in [1.82, 2.24) is 0 Å². The zero-order chi connectivity index (χ0) is 14.2. The molecule has 0 aliphatic heterocycles. The first-order valence-corrected chi connectivity index (χ1v) is 7.92. The summed E-state index contributed by atoms with van der Waals surface area (Å²) in [5.41, 5.74) is 0. The molecular weight excluding hydrogens is 236 g/mol. The molecule has 0 aromatic carbocycles. The van der Waals surface area contributed by atoms with Gasteiger partial charge in [-0.1, -0.05) is 39.0 Å². The van der Waals surface area contributed by atoms with E-state index in [1.165, 1.54) is 38.5 Å². The van der Waals surface area contributed by atoms with E-state index in [-0.39, 0.29) is 5.97 Å². The summed E-state index contributed by atoms with van der Waals surface area (Å²) >= 11 is 0. The highest BCUT2D eigenvalue weighted by Crippen LogP contribution is 2.08. The second-order valence-corrected chi connectivity index (χ2v) is 4.88. The number of carbonyl (C=O) groups excluding carboxylic acids is 1. The molecule has 0 saturated heterocycles. The van der Waals surface area contributed by atoms with Gasteiger partial charge in [0, 0.05) is 19.3 Å². The topological polar surface area (TPSA) is 26.3 Å². The summed E-state index contributed by atoms with van der Waals surface area (Å²) < 4.78 is 4.89. The third-order valence-corrected chi connectivity index (χ3v) is 3.02. The van der Waals surface area contributed by atoms with Gasteiger partial charge in [-0.05, 0) is 26.2 Å². The number of hydrogen-bond donors (Lipinski definition) is 0. The molecule has 0 bridgehead atoms. The number of ether oxygens (including phenoxy) is 1. The van der Waals surface area contributed by atoms with E-state index in [0.717, 1.165) is 25.7 Å². The molecule has 0 amide bonds. The maximum atomic E-state index is 11.1. The van der Waals surface area contributed by atoms with Gasteiger partial charge in [0.25, 0.3) is 0 Å². The molecular formula is C17H30O2. The fourth-order valence-electron chi connectivity index (χ4n) is 1.86. The van der Waals surface area contributed by atoms with Crippen LogP contribution in [0.1, 0.15) is 84.5 Å². The molecule has 0 spiro atoms. The smallest absolute Gasteiger partial charge is 0.305 e. The van der Waals surface area contributed by atoms with Crippen molar-refractivity contribution >= 4 is 5.97 Å². The molecule has 2 heteroatoms. The molecule has 0 atom stereocenters. The lowest BCUT2D eigenvalue weighted by Gasteiger charge is -2.01. The number of hydrogen-bond acceptors (Lipinski definition) is 2. The first kappa shape index (κ1) is 18.0. The Morgan fingerprint density at radius 1 is 0.842 bits per heavy atom. The van der Waals surface area contributed by atoms with Crippen molar-refractivity contribution in [3.63, 3.8) is 0 Å². The monoisotopic (exact) mass is 266 g/mol. The van der Waals surface area contributed by atoms with Gasteiger partial charge in [-0.2, -0.15) is 0 Å². The van der Waals surface area contributed by atoms with E-state index in [4.69, 9.17) is 4.74 Å². The Morgan fingerprint density at radius 3 is 2.05 bits per heavy atom. The number of unbranched alkanes of at least 4 members (excludes halogenated alkanes) is 8. The Morgan fingerprint density at radius 2 is 1.42 bits per heavy atom. The Bertz CT molecular complexity index is 260. The fourth-order valence-corrected chi connectivity index (χ4v) is 1.86. The van der Waals surface area contributed by atoms with Crippen LogP contribution < -0.4 is 0 Å². The molecule has 0 fully saturated rings. The first-order valence-electron chi connectivity index (χ1n) is 7.92. The van der Waals surface area contributed by atoms with Gasteiger partial charge >= 0.3 is 5.97 Å². The van der Waals surface area contributed by atoms with Crippen LogP contribution in [0, 0.1) is 11.8 Å². The van der Waals surface area contributed by atoms with Crippen LogP contribution in [0.2, 0.25) is 0 Å². The SMILES string of the molecule is CCCCC#CCCCCCCCCC(=O)OCC. The minimum atomic E-state index is -0.0511. The predicted octanol–water partition coefficient (Wildman–Crippen LogP) is 4.86. The van der Waals surface area contributed by atoms with Crippen LogP contribution in [0.5, 0.6) is 0 Å². The number of carbonyl (C=O) groups is 1. The molecule has 110 valence electrons. The third kappa shape index (κ3) is 15.0. The summed E-state index contributed by atoms with van der Waals surface area (Å²) in [4.78, 5) is 11.1. The Labute approximate surface area is 119 Å². The molecule has 0 N–H and O–H groups in total. The van der Waals surface area contributed by atoms with Crippen LogP contribution in [0.4, 0.5) is 0 Å². The second kappa shape index (κ2) is 15.1. The predicted molar refractivity (Wildman–Crippen MR) is 80.9 cm³/mol. The zero-order valence-corrected chi connectivity index (χ0v) is 12.8. The van der Waals surface area contributed by atoms with E-state index in [2.05, 4.69) is 18.8 Å². The molecule has 0 rings (SSSR count). The van der Waals surface area contributed by atoms with Gasteiger partial charge in [0.2, 0.25) is 0 Å². The van der Waals surface area contributed by atoms with E-state index in [0.29, 0.717) is 13.0 Å². The highest BCUT2D eigenvalue weighted by Gasteiger charge is 2.00. The van der Waals surface area contributed by atoms with Gasteiger partial charge in [0.05, 0.1) is 6.61 Å². The van der Waals surface area contributed by atoms with Crippen LogP contribution in [-0.2, 0) is 9.53 Å². The quantitative estimate of drug-likeness (QED) is 0.303. The average molecular weight is 266 g/mol. The summed E-state index contributed by atoms with van der Waals surface area (Å²) in [6, 6.07) is 0. The maximum absolute atomic E-state index is 11.1. The lowest BCUT2D eigenvalue weighted by molar-refractivity contribution is -0.143. The van der Waals surface area contributed by atoms with Crippen molar-refractivity contribution in [2.24, 2.45) is 0 Å². The van der Waals surface area contributed by atoms with E-state index in [9.17, 15) is 4.79 Å². The summed E-state index contributed by atoms with van der Waals surface area (Å²) in [5, 5.41) is 0. The third-order valence-electron chi connectivity index (χ3n) is 3.02. The normalized spacial score (nSPS) is 9.79. The molecule has 2 nitrogen and oxygen atoms in total. The minimum Gasteiger partial charge on any atom is -0.466 e. The van der Waals surface area contributed by atoms with Crippen LogP contribution in [-0.4, -0.2) is 12.6 Å². The molecule has 0 saturated carbocycles. The van der Waals surface area contributed by atoms with Crippen LogP contribution in [0.15, 0.2) is 0 Å². The second-order valence-electron chi connectivity index (χ2n) is 4.88. The molecule has 0 aromatic heterocycles. The molecule has 19 heavy (non-hydrogen) atoms. The largest absolute Gasteiger partial charge is 0.466 e. The highest BCUT2D eigenvalue weighted by atomic mass is 16.5. The summed E-state index contributed by atoms with van der Waals surface area (Å²) in [6.07, 6.45) is 12.2. The fraction of sp³-hybridized carbons (Fsp3) is 0.824. The van der Waals surface area contributed by atoms with E-state index < -0.39 is 0 Å². The highest BCUT2D eigenvalue weighted by molar-refractivity contribution is 5.69. The van der Waals surface area contributed by atoms with Gasteiger partial charge in [0.1, 0.15) is 0 Å². The zero-order valence-electron chi connectivity index (χ0n) is 12.8. The number of rotatable bonds is 11. The van der Waals surface area contributed by atoms with Crippen molar-refractivity contribution in [3.05, 3.63) is 0 Å². The Balaban J connectivity index is 3.14. The molecule has 0 radical (unpaired) electrons.